The Hall–Kier alpha value is -3.52. The van der Waals surface area contributed by atoms with Crippen molar-refractivity contribution in [2.45, 2.75) is 19.4 Å². The second-order valence-corrected chi connectivity index (χ2v) is 8.46. The Kier molecular flexibility index (Phi) is 6.67. The molecule has 1 fully saturated rings. The quantitative estimate of drug-likeness (QED) is 0.561. The molecule has 1 saturated heterocycles. The molecule has 3 aromatic rings. The van der Waals surface area contributed by atoms with Gasteiger partial charge in [-0.2, -0.15) is 0 Å². The number of nitrogens with zero attached hydrogens (tertiary/aromatic N) is 4. The largest absolute Gasteiger partial charge is 0.484 e. The van der Waals surface area contributed by atoms with E-state index in [4.69, 9.17) is 19.4 Å². The van der Waals surface area contributed by atoms with Crippen molar-refractivity contribution in [3.8, 4) is 5.75 Å². The zero-order valence-electron chi connectivity index (χ0n) is 19.0. The van der Waals surface area contributed by atoms with Crippen LogP contribution in [0.5, 0.6) is 5.75 Å². The molecular formula is C26H27FN4O3. The lowest BCUT2D eigenvalue weighted by Crippen LogP contribution is -2.42. The fraction of sp³-hybridized carbons (Fsp3) is 0.346. The van der Waals surface area contributed by atoms with Crippen LogP contribution in [0.2, 0.25) is 0 Å². The van der Waals surface area contributed by atoms with E-state index in [1.807, 2.05) is 35.2 Å². The molecule has 2 aliphatic heterocycles. The average Bonchev–Trinajstić information content (AvgIpc) is 2.89. The summed E-state index contributed by atoms with van der Waals surface area (Å²) < 4.78 is 24.5. The summed E-state index contributed by atoms with van der Waals surface area (Å²) in [5.74, 6) is 1.94. The van der Waals surface area contributed by atoms with E-state index in [2.05, 4.69) is 4.90 Å². The molecule has 176 valence electrons. The normalized spacial score (nSPS) is 15.7. The molecule has 0 atom stereocenters. The highest BCUT2D eigenvalue weighted by Crippen LogP contribution is 2.28. The molecule has 2 aliphatic rings. The highest BCUT2D eigenvalue weighted by molar-refractivity contribution is 5.78. The first-order valence-corrected chi connectivity index (χ1v) is 11.6. The van der Waals surface area contributed by atoms with Crippen LogP contribution in [-0.2, 0) is 28.9 Å². The van der Waals surface area contributed by atoms with Crippen LogP contribution >= 0.6 is 0 Å². The molecule has 0 unspecified atom stereocenters. The topological polar surface area (TPSA) is 67.8 Å². The Morgan fingerprint density at radius 1 is 1.00 bits per heavy atom. The van der Waals surface area contributed by atoms with Crippen molar-refractivity contribution in [1.82, 2.24) is 14.9 Å². The molecule has 8 heteroatoms. The summed E-state index contributed by atoms with van der Waals surface area (Å²) in [6.45, 7) is 3.79. The van der Waals surface area contributed by atoms with Gasteiger partial charge in [0, 0.05) is 38.0 Å². The van der Waals surface area contributed by atoms with Gasteiger partial charge in [-0.15, -0.1) is 0 Å². The summed E-state index contributed by atoms with van der Waals surface area (Å²) >= 11 is 0. The summed E-state index contributed by atoms with van der Waals surface area (Å²) in [4.78, 5) is 26.7. The minimum Gasteiger partial charge on any atom is -0.484 e. The predicted octanol–water partition coefficient (Wildman–Crippen LogP) is 3.01. The first kappa shape index (κ1) is 22.3. The fourth-order valence-corrected chi connectivity index (χ4v) is 4.31. The number of halogens is 1. The number of carbonyl (C=O) groups is 1. The maximum absolute atomic E-state index is 13.3. The molecule has 0 bridgehead atoms. The molecule has 0 N–H and O–H groups in total. The summed E-state index contributed by atoms with van der Waals surface area (Å²) in [5, 5.41) is 0. The monoisotopic (exact) mass is 462 g/mol. The highest BCUT2D eigenvalue weighted by Gasteiger charge is 2.28. The lowest BCUT2D eigenvalue weighted by Gasteiger charge is -2.34. The third-order valence-electron chi connectivity index (χ3n) is 6.13. The Bertz CT molecular complexity index is 1130. The van der Waals surface area contributed by atoms with Crippen LogP contribution in [0.15, 0.2) is 54.6 Å². The molecule has 0 saturated carbocycles. The molecule has 0 spiro atoms. The van der Waals surface area contributed by atoms with Crippen molar-refractivity contribution in [3.05, 3.63) is 83.1 Å². The van der Waals surface area contributed by atoms with Gasteiger partial charge in [-0.3, -0.25) is 4.79 Å². The van der Waals surface area contributed by atoms with Crippen molar-refractivity contribution in [1.29, 1.82) is 0 Å². The fourth-order valence-electron chi connectivity index (χ4n) is 4.31. The van der Waals surface area contributed by atoms with Gasteiger partial charge in [-0.1, -0.05) is 30.3 Å². The molecule has 1 amide bonds. The lowest BCUT2D eigenvalue weighted by atomic mass is 10.0. The van der Waals surface area contributed by atoms with Crippen molar-refractivity contribution in [3.63, 3.8) is 0 Å². The Labute approximate surface area is 198 Å². The predicted molar refractivity (Wildman–Crippen MR) is 125 cm³/mol. The van der Waals surface area contributed by atoms with Gasteiger partial charge in [0.1, 0.15) is 23.2 Å². The number of para-hydroxylation sites is 1. The maximum atomic E-state index is 13.3. The highest BCUT2D eigenvalue weighted by atomic mass is 19.1. The summed E-state index contributed by atoms with van der Waals surface area (Å²) in [5.41, 5.74) is 2.92. The van der Waals surface area contributed by atoms with Crippen LogP contribution in [0.25, 0.3) is 0 Å². The Morgan fingerprint density at radius 2 is 1.76 bits per heavy atom. The number of morpholine rings is 1. The molecule has 5 rings (SSSR count). The van der Waals surface area contributed by atoms with Crippen LogP contribution < -0.4 is 9.64 Å². The SMILES string of the molecule is O=C(COc1ccccc1)N1CCc2nc(Cc3ccc(F)cc3)nc(N3CCOCC3)c2C1. The third-order valence-corrected chi connectivity index (χ3v) is 6.13. The number of fused-ring (bicyclic) bond motifs is 1. The molecule has 34 heavy (non-hydrogen) atoms. The van der Waals surface area contributed by atoms with Gasteiger partial charge in [0.05, 0.1) is 25.5 Å². The minimum absolute atomic E-state index is 0.00422. The zero-order valence-corrected chi connectivity index (χ0v) is 19.0. The lowest BCUT2D eigenvalue weighted by molar-refractivity contribution is -0.134. The van der Waals surface area contributed by atoms with Crippen molar-refractivity contribution < 1.29 is 18.7 Å². The molecule has 2 aromatic carbocycles. The first-order valence-electron chi connectivity index (χ1n) is 11.6. The van der Waals surface area contributed by atoms with E-state index in [0.717, 1.165) is 35.7 Å². The van der Waals surface area contributed by atoms with E-state index in [1.165, 1.54) is 12.1 Å². The van der Waals surface area contributed by atoms with Gasteiger partial charge in [0.25, 0.3) is 5.91 Å². The van der Waals surface area contributed by atoms with E-state index < -0.39 is 0 Å². The third kappa shape index (κ3) is 5.17. The van der Waals surface area contributed by atoms with Gasteiger partial charge in [-0.25, -0.2) is 14.4 Å². The second-order valence-electron chi connectivity index (χ2n) is 8.46. The number of rotatable bonds is 6. The van der Waals surface area contributed by atoms with Crippen LogP contribution in [-0.4, -0.2) is 60.2 Å². The average molecular weight is 463 g/mol. The number of aromatic nitrogens is 2. The number of anilines is 1. The Morgan fingerprint density at radius 3 is 2.53 bits per heavy atom. The van der Waals surface area contributed by atoms with Crippen LogP contribution in [0.1, 0.15) is 22.6 Å². The van der Waals surface area contributed by atoms with Gasteiger partial charge >= 0.3 is 0 Å². The second kappa shape index (κ2) is 10.2. The van der Waals surface area contributed by atoms with E-state index in [-0.39, 0.29) is 18.3 Å². The maximum Gasteiger partial charge on any atom is 0.260 e. The number of hydrogen-bond acceptors (Lipinski definition) is 6. The minimum atomic E-state index is -0.259. The summed E-state index contributed by atoms with van der Waals surface area (Å²) in [6.07, 6.45) is 1.18. The molecular weight excluding hydrogens is 435 g/mol. The molecule has 3 heterocycles. The molecule has 1 aromatic heterocycles. The van der Waals surface area contributed by atoms with Gasteiger partial charge in [0.2, 0.25) is 0 Å². The molecule has 7 nitrogen and oxygen atoms in total. The Balaban J connectivity index is 1.37. The van der Waals surface area contributed by atoms with Crippen molar-refractivity contribution in [2.24, 2.45) is 0 Å². The first-order chi connectivity index (χ1) is 16.7. The molecule has 0 radical (unpaired) electrons. The van der Waals surface area contributed by atoms with E-state index >= 15 is 0 Å². The van der Waals surface area contributed by atoms with Crippen molar-refractivity contribution >= 4 is 11.7 Å². The smallest absolute Gasteiger partial charge is 0.260 e. The number of benzene rings is 2. The van der Waals surface area contributed by atoms with Crippen LogP contribution in [0.4, 0.5) is 10.2 Å². The number of hydrogen-bond donors (Lipinski definition) is 0. The zero-order chi connectivity index (χ0) is 23.3. The van der Waals surface area contributed by atoms with E-state index in [0.29, 0.717) is 50.7 Å². The van der Waals surface area contributed by atoms with Gasteiger partial charge < -0.3 is 19.3 Å². The van der Waals surface area contributed by atoms with Gasteiger partial charge in [0.15, 0.2) is 6.61 Å². The number of ether oxygens (including phenoxy) is 2. The summed E-state index contributed by atoms with van der Waals surface area (Å²) in [6, 6.07) is 15.8. The van der Waals surface area contributed by atoms with Crippen molar-refractivity contribution in [2.75, 3.05) is 44.4 Å². The number of carbonyl (C=O) groups excluding carboxylic acids is 1. The standard InChI is InChI=1S/C26H27FN4O3/c27-20-8-6-19(7-9-20)16-24-28-23-10-11-31(25(32)18-34-21-4-2-1-3-5-21)17-22(23)26(29-24)30-12-14-33-15-13-30/h1-9H,10-18H2. The van der Waals surface area contributed by atoms with Crippen LogP contribution in [0.3, 0.4) is 0 Å². The van der Waals surface area contributed by atoms with E-state index in [9.17, 15) is 9.18 Å². The molecule has 0 aliphatic carbocycles. The van der Waals surface area contributed by atoms with E-state index in [1.54, 1.807) is 12.1 Å². The van der Waals surface area contributed by atoms with Gasteiger partial charge in [-0.05, 0) is 29.8 Å². The van der Waals surface area contributed by atoms with Crippen LogP contribution in [0, 0.1) is 5.82 Å². The summed E-state index contributed by atoms with van der Waals surface area (Å²) in [7, 11) is 0. The number of amides is 1.